The molecule has 0 aromatic heterocycles. The molecule has 0 amide bonds. The molecule has 2 nitrogen and oxygen atoms in total. The van der Waals surface area contributed by atoms with E-state index in [0.717, 1.165) is 35.8 Å². The standard InChI is InChI=1S/C19H20O2S2/c20-18(15-7-8-17-14(13-15)9-10-21-17)19(22-11-4-12-23-19)16-5-2-1-3-6-16/h1-3,5-8,13,18,20H,4,9-12H2. The van der Waals surface area contributed by atoms with Crippen LogP contribution in [0.1, 0.15) is 29.2 Å². The van der Waals surface area contributed by atoms with Gasteiger partial charge >= 0.3 is 0 Å². The minimum atomic E-state index is -0.522. The van der Waals surface area contributed by atoms with Gasteiger partial charge in [0.05, 0.1) is 6.61 Å². The van der Waals surface area contributed by atoms with E-state index >= 15 is 0 Å². The van der Waals surface area contributed by atoms with E-state index in [-0.39, 0.29) is 4.08 Å². The maximum atomic E-state index is 11.3. The van der Waals surface area contributed by atoms with Gasteiger partial charge in [-0.15, -0.1) is 23.5 Å². The minimum absolute atomic E-state index is 0.312. The second kappa shape index (κ2) is 6.42. The third kappa shape index (κ3) is 2.77. The van der Waals surface area contributed by atoms with E-state index < -0.39 is 6.10 Å². The Hall–Kier alpha value is -1.10. The van der Waals surface area contributed by atoms with Gasteiger partial charge in [0.2, 0.25) is 0 Å². The van der Waals surface area contributed by atoms with Gasteiger partial charge in [-0.25, -0.2) is 0 Å². The number of ether oxygens (including phenoxy) is 1. The van der Waals surface area contributed by atoms with Gasteiger partial charge in [-0.1, -0.05) is 36.4 Å². The normalized spacial score (nSPS) is 20.6. The van der Waals surface area contributed by atoms with Crippen molar-refractivity contribution in [1.29, 1.82) is 0 Å². The van der Waals surface area contributed by atoms with Crippen molar-refractivity contribution >= 4 is 23.5 Å². The highest BCUT2D eigenvalue weighted by Gasteiger charge is 2.43. The zero-order chi connectivity index (χ0) is 15.7. The highest BCUT2D eigenvalue weighted by atomic mass is 32.2. The molecule has 1 unspecified atom stereocenters. The van der Waals surface area contributed by atoms with E-state index in [1.165, 1.54) is 17.5 Å². The zero-order valence-electron chi connectivity index (χ0n) is 12.9. The molecule has 1 atom stereocenters. The van der Waals surface area contributed by atoms with Gasteiger partial charge in [0, 0.05) is 6.42 Å². The lowest BCUT2D eigenvalue weighted by molar-refractivity contribution is 0.163. The van der Waals surface area contributed by atoms with Crippen molar-refractivity contribution in [3.05, 3.63) is 65.2 Å². The summed E-state index contributed by atoms with van der Waals surface area (Å²) in [6, 6.07) is 16.6. The molecule has 4 rings (SSSR count). The summed E-state index contributed by atoms with van der Waals surface area (Å²) < 4.78 is 5.28. The SMILES string of the molecule is OC(c1ccc2c(c1)CCO2)C1(c2ccccc2)SCCCS1. The van der Waals surface area contributed by atoms with Crippen molar-refractivity contribution in [3.63, 3.8) is 0 Å². The van der Waals surface area contributed by atoms with Crippen LogP contribution in [0.4, 0.5) is 0 Å². The summed E-state index contributed by atoms with van der Waals surface area (Å²) in [4.78, 5) is 0. The van der Waals surface area contributed by atoms with E-state index in [2.05, 4.69) is 30.3 Å². The molecule has 1 fully saturated rings. The molecule has 2 aromatic rings. The number of thioether (sulfide) groups is 2. The predicted octanol–water partition coefficient (Wildman–Crippen LogP) is 4.38. The number of aliphatic hydroxyl groups is 1. The first-order chi connectivity index (χ1) is 11.3. The van der Waals surface area contributed by atoms with Crippen LogP contribution in [0.3, 0.4) is 0 Å². The summed E-state index contributed by atoms with van der Waals surface area (Å²) in [5, 5.41) is 11.3. The smallest absolute Gasteiger partial charge is 0.122 e. The number of rotatable bonds is 3. The summed E-state index contributed by atoms with van der Waals surface area (Å²) in [6.07, 6.45) is 1.62. The van der Waals surface area contributed by atoms with Crippen LogP contribution in [-0.2, 0) is 10.5 Å². The number of benzene rings is 2. The molecule has 2 aliphatic rings. The molecule has 0 bridgehead atoms. The third-order valence-corrected chi connectivity index (χ3v) is 7.96. The molecule has 120 valence electrons. The second-order valence-corrected chi connectivity index (χ2v) is 8.89. The lowest BCUT2D eigenvalue weighted by Gasteiger charge is -2.40. The largest absolute Gasteiger partial charge is 0.493 e. The second-order valence-electron chi connectivity index (χ2n) is 5.95. The highest BCUT2D eigenvalue weighted by molar-refractivity contribution is 8.18. The molecule has 1 N–H and O–H groups in total. The van der Waals surface area contributed by atoms with E-state index in [4.69, 9.17) is 4.74 Å². The maximum absolute atomic E-state index is 11.3. The van der Waals surface area contributed by atoms with Crippen molar-refractivity contribution in [2.45, 2.75) is 23.0 Å². The van der Waals surface area contributed by atoms with Gasteiger partial charge < -0.3 is 9.84 Å². The summed E-state index contributed by atoms with van der Waals surface area (Å²) >= 11 is 3.76. The first-order valence-electron chi connectivity index (χ1n) is 8.07. The number of hydrogen-bond donors (Lipinski definition) is 1. The molecular weight excluding hydrogens is 324 g/mol. The van der Waals surface area contributed by atoms with Gasteiger partial charge in [-0.2, -0.15) is 0 Å². The molecule has 0 radical (unpaired) electrons. The van der Waals surface area contributed by atoms with Crippen LogP contribution in [0.2, 0.25) is 0 Å². The van der Waals surface area contributed by atoms with Crippen LogP contribution < -0.4 is 4.74 Å². The molecule has 0 spiro atoms. The zero-order valence-corrected chi connectivity index (χ0v) is 14.5. The van der Waals surface area contributed by atoms with Gasteiger partial charge in [-0.05, 0) is 46.7 Å². The average Bonchev–Trinajstić information content (AvgIpc) is 3.10. The molecule has 1 saturated heterocycles. The van der Waals surface area contributed by atoms with Crippen LogP contribution in [0, 0.1) is 0 Å². The fourth-order valence-corrected chi connectivity index (χ4v) is 6.69. The molecule has 4 heteroatoms. The van der Waals surface area contributed by atoms with Crippen molar-refractivity contribution in [2.75, 3.05) is 18.1 Å². The van der Waals surface area contributed by atoms with Gasteiger partial charge in [-0.3, -0.25) is 0 Å². The topological polar surface area (TPSA) is 29.5 Å². The molecule has 2 heterocycles. The van der Waals surface area contributed by atoms with E-state index in [0.29, 0.717) is 0 Å². The predicted molar refractivity (Wildman–Crippen MR) is 98.3 cm³/mol. The first kappa shape index (κ1) is 15.4. The average molecular weight is 345 g/mol. The minimum Gasteiger partial charge on any atom is -0.493 e. The van der Waals surface area contributed by atoms with Crippen molar-refractivity contribution in [2.24, 2.45) is 0 Å². The van der Waals surface area contributed by atoms with E-state index in [1.807, 2.05) is 41.7 Å². The van der Waals surface area contributed by atoms with Crippen molar-refractivity contribution < 1.29 is 9.84 Å². The fourth-order valence-electron chi connectivity index (χ4n) is 3.30. The number of hydrogen-bond acceptors (Lipinski definition) is 4. The van der Waals surface area contributed by atoms with Crippen LogP contribution >= 0.6 is 23.5 Å². The Morgan fingerprint density at radius 3 is 2.61 bits per heavy atom. The monoisotopic (exact) mass is 344 g/mol. The molecule has 2 aliphatic heterocycles. The van der Waals surface area contributed by atoms with Crippen LogP contribution in [-0.4, -0.2) is 23.2 Å². The van der Waals surface area contributed by atoms with E-state index in [1.54, 1.807) is 0 Å². The number of fused-ring (bicyclic) bond motifs is 1. The highest BCUT2D eigenvalue weighted by Crippen LogP contribution is 2.57. The molecule has 0 aliphatic carbocycles. The Bertz CT molecular complexity index is 681. The lowest BCUT2D eigenvalue weighted by atomic mass is 9.98. The molecule has 2 aromatic carbocycles. The van der Waals surface area contributed by atoms with Crippen molar-refractivity contribution in [1.82, 2.24) is 0 Å². The van der Waals surface area contributed by atoms with Crippen LogP contribution in [0.5, 0.6) is 5.75 Å². The van der Waals surface area contributed by atoms with Crippen LogP contribution in [0.15, 0.2) is 48.5 Å². The Morgan fingerprint density at radius 1 is 1.04 bits per heavy atom. The van der Waals surface area contributed by atoms with E-state index in [9.17, 15) is 5.11 Å². The molecule has 23 heavy (non-hydrogen) atoms. The van der Waals surface area contributed by atoms with Crippen molar-refractivity contribution in [3.8, 4) is 5.75 Å². The Morgan fingerprint density at radius 2 is 1.83 bits per heavy atom. The molecule has 0 saturated carbocycles. The van der Waals surface area contributed by atoms with Gasteiger partial charge in [0.15, 0.2) is 0 Å². The first-order valence-corrected chi connectivity index (χ1v) is 10.0. The van der Waals surface area contributed by atoms with Crippen LogP contribution in [0.25, 0.3) is 0 Å². The third-order valence-electron chi connectivity index (χ3n) is 4.49. The molecular formula is C19H20O2S2. The summed E-state index contributed by atoms with van der Waals surface area (Å²) in [5.74, 6) is 3.15. The number of aliphatic hydroxyl groups excluding tert-OH is 1. The lowest BCUT2D eigenvalue weighted by Crippen LogP contribution is -2.30. The Balaban J connectivity index is 1.74. The van der Waals surface area contributed by atoms with Gasteiger partial charge in [0.1, 0.15) is 15.9 Å². The summed E-state index contributed by atoms with van der Waals surface area (Å²) in [5.41, 5.74) is 3.43. The quantitative estimate of drug-likeness (QED) is 0.895. The van der Waals surface area contributed by atoms with Gasteiger partial charge in [0.25, 0.3) is 0 Å². The Kier molecular flexibility index (Phi) is 4.31. The summed E-state index contributed by atoms with van der Waals surface area (Å²) in [6.45, 7) is 0.752. The summed E-state index contributed by atoms with van der Waals surface area (Å²) in [7, 11) is 0. The fraction of sp³-hybridized carbons (Fsp3) is 0.368. The Labute approximate surface area is 145 Å². The maximum Gasteiger partial charge on any atom is 0.122 e.